The molecule has 0 aliphatic rings. The van der Waals surface area contributed by atoms with Crippen LogP contribution in [0.1, 0.15) is 13.8 Å². The van der Waals surface area contributed by atoms with Gasteiger partial charge in [0, 0.05) is 5.69 Å². The van der Waals surface area contributed by atoms with Crippen LogP contribution >= 0.6 is 12.2 Å². The Hall–Kier alpha value is -1.20. The molecular formula is C11H15FN2OS. The summed E-state index contributed by atoms with van der Waals surface area (Å²) in [5.74, 6) is -0.325. The summed E-state index contributed by atoms with van der Waals surface area (Å²) in [5, 5.41) is 15.2. The second kappa shape index (κ2) is 5.23. The Balaban J connectivity index is 2.59. The van der Waals surface area contributed by atoms with Crippen molar-refractivity contribution in [3.05, 3.63) is 30.1 Å². The number of aliphatic hydroxyl groups excluding tert-OH is 1. The first-order chi connectivity index (χ1) is 7.43. The largest absolute Gasteiger partial charge is 0.394 e. The van der Waals surface area contributed by atoms with Crippen molar-refractivity contribution in [2.75, 3.05) is 11.9 Å². The van der Waals surface area contributed by atoms with Gasteiger partial charge in [-0.15, -0.1) is 0 Å². The molecule has 1 aromatic rings. The monoisotopic (exact) mass is 242 g/mol. The number of thiocarbonyl (C=S) groups is 1. The highest BCUT2D eigenvalue weighted by molar-refractivity contribution is 7.80. The second-order valence-electron chi connectivity index (χ2n) is 4.13. The van der Waals surface area contributed by atoms with Crippen LogP contribution in [0.2, 0.25) is 0 Å². The molecule has 0 fully saturated rings. The third-order valence-corrected chi connectivity index (χ3v) is 2.13. The summed E-state index contributed by atoms with van der Waals surface area (Å²) < 4.78 is 12.9. The lowest BCUT2D eigenvalue weighted by Gasteiger charge is -2.25. The van der Waals surface area contributed by atoms with Gasteiger partial charge in [-0.05, 0) is 44.3 Å². The van der Waals surface area contributed by atoms with Gasteiger partial charge in [0.05, 0.1) is 12.1 Å². The predicted octanol–water partition coefficient (Wildman–Crippen LogP) is 1.88. The van der Waals surface area contributed by atoms with E-state index < -0.39 is 5.54 Å². The van der Waals surface area contributed by atoms with Crippen LogP contribution in [0.4, 0.5) is 10.1 Å². The number of hydrogen-bond acceptors (Lipinski definition) is 2. The summed E-state index contributed by atoms with van der Waals surface area (Å²) in [5.41, 5.74) is 0.0727. The van der Waals surface area contributed by atoms with E-state index in [-0.39, 0.29) is 12.4 Å². The van der Waals surface area contributed by atoms with E-state index >= 15 is 0 Å². The molecule has 0 saturated heterocycles. The van der Waals surface area contributed by atoms with Crippen LogP contribution in [-0.4, -0.2) is 22.4 Å². The van der Waals surface area contributed by atoms with Gasteiger partial charge < -0.3 is 15.7 Å². The van der Waals surface area contributed by atoms with Crippen molar-refractivity contribution in [3.8, 4) is 0 Å². The van der Waals surface area contributed by atoms with Crippen molar-refractivity contribution in [3.63, 3.8) is 0 Å². The molecule has 0 spiro atoms. The van der Waals surface area contributed by atoms with Crippen molar-refractivity contribution in [1.29, 1.82) is 0 Å². The highest BCUT2D eigenvalue weighted by Crippen LogP contribution is 2.09. The number of aliphatic hydroxyl groups is 1. The van der Waals surface area contributed by atoms with E-state index in [1.807, 2.05) is 13.8 Å². The lowest BCUT2D eigenvalue weighted by atomic mass is 10.1. The third kappa shape index (κ3) is 4.12. The lowest BCUT2D eigenvalue weighted by molar-refractivity contribution is 0.207. The first kappa shape index (κ1) is 12.9. The van der Waals surface area contributed by atoms with E-state index in [9.17, 15) is 4.39 Å². The Morgan fingerprint density at radius 1 is 1.50 bits per heavy atom. The average molecular weight is 242 g/mol. The lowest BCUT2D eigenvalue weighted by Crippen LogP contribution is -2.47. The number of hydrogen-bond donors (Lipinski definition) is 3. The van der Waals surface area contributed by atoms with E-state index in [2.05, 4.69) is 10.6 Å². The Kier molecular flexibility index (Phi) is 4.20. The molecule has 0 unspecified atom stereocenters. The van der Waals surface area contributed by atoms with Crippen molar-refractivity contribution in [1.82, 2.24) is 5.32 Å². The zero-order chi connectivity index (χ0) is 12.2. The SMILES string of the molecule is CC(C)(CO)NC(=S)Nc1cccc(F)c1. The molecule has 0 bridgehead atoms. The average Bonchev–Trinajstić information content (AvgIpc) is 2.16. The molecule has 16 heavy (non-hydrogen) atoms. The molecule has 0 heterocycles. The molecule has 0 aromatic heterocycles. The fourth-order valence-corrected chi connectivity index (χ4v) is 1.47. The maximum Gasteiger partial charge on any atom is 0.171 e. The van der Waals surface area contributed by atoms with Gasteiger partial charge >= 0.3 is 0 Å². The number of rotatable bonds is 3. The number of nitrogens with one attached hydrogen (secondary N) is 2. The number of benzene rings is 1. The molecule has 88 valence electrons. The topological polar surface area (TPSA) is 44.3 Å². The van der Waals surface area contributed by atoms with Crippen LogP contribution < -0.4 is 10.6 Å². The fourth-order valence-electron chi connectivity index (χ4n) is 1.08. The summed E-state index contributed by atoms with van der Waals surface area (Å²) >= 11 is 5.04. The summed E-state index contributed by atoms with van der Waals surface area (Å²) in [6, 6.07) is 6.01. The van der Waals surface area contributed by atoms with Gasteiger partial charge in [-0.3, -0.25) is 0 Å². The van der Waals surface area contributed by atoms with Crippen molar-refractivity contribution in [2.45, 2.75) is 19.4 Å². The van der Waals surface area contributed by atoms with E-state index in [0.717, 1.165) is 0 Å². The van der Waals surface area contributed by atoms with E-state index in [1.54, 1.807) is 12.1 Å². The van der Waals surface area contributed by atoms with Crippen LogP contribution in [0, 0.1) is 5.82 Å². The van der Waals surface area contributed by atoms with E-state index in [0.29, 0.717) is 10.8 Å². The first-order valence-corrected chi connectivity index (χ1v) is 5.29. The van der Waals surface area contributed by atoms with Crippen LogP contribution in [0.15, 0.2) is 24.3 Å². The summed E-state index contributed by atoms with van der Waals surface area (Å²) in [6.45, 7) is 3.58. The first-order valence-electron chi connectivity index (χ1n) is 4.88. The zero-order valence-electron chi connectivity index (χ0n) is 9.25. The van der Waals surface area contributed by atoms with Gasteiger partial charge in [-0.25, -0.2) is 4.39 Å². The maximum absolute atomic E-state index is 12.9. The van der Waals surface area contributed by atoms with Crippen LogP contribution in [0.25, 0.3) is 0 Å². The molecule has 3 nitrogen and oxygen atoms in total. The summed E-state index contributed by atoms with van der Waals surface area (Å²) in [7, 11) is 0. The summed E-state index contributed by atoms with van der Waals surface area (Å²) in [4.78, 5) is 0. The molecular weight excluding hydrogens is 227 g/mol. The molecule has 1 aromatic carbocycles. The Bertz CT molecular complexity index is 382. The molecule has 0 radical (unpaired) electrons. The highest BCUT2D eigenvalue weighted by atomic mass is 32.1. The van der Waals surface area contributed by atoms with Crippen LogP contribution in [-0.2, 0) is 0 Å². The molecule has 0 saturated carbocycles. The number of anilines is 1. The molecule has 0 amide bonds. The van der Waals surface area contributed by atoms with Crippen molar-refractivity contribution >= 4 is 23.0 Å². The smallest absolute Gasteiger partial charge is 0.171 e. The fraction of sp³-hybridized carbons (Fsp3) is 0.364. The summed E-state index contributed by atoms with van der Waals surface area (Å²) in [6.07, 6.45) is 0. The van der Waals surface area contributed by atoms with E-state index in [1.165, 1.54) is 12.1 Å². The van der Waals surface area contributed by atoms with Gasteiger partial charge in [-0.2, -0.15) is 0 Å². The Morgan fingerprint density at radius 2 is 2.19 bits per heavy atom. The molecule has 3 N–H and O–H groups in total. The standard InChI is InChI=1S/C11H15FN2OS/c1-11(2,7-15)14-10(16)13-9-5-3-4-8(12)6-9/h3-6,15H,7H2,1-2H3,(H2,13,14,16). The van der Waals surface area contributed by atoms with Gasteiger partial charge in [-0.1, -0.05) is 6.07 Å². The minimum atomic E-state index is -0.503. The molecule has 0 aliphatic heterocycles. The minimum absolute atomic E-state index is 0.0437. The third-order valence-electron chi connectivity index (χ3n) is 1.93. The number of halogens is 1. The van der Waals surface area contributed by atoms with Gasteiger partial charge in [0.2, 0.25) is 0 Å². The second-order valence-corrected chi connectivity index (χ2v) is 4.54. The zero-order valence-corrected chi connectivity index (χ0v) is 10.1. The minimum Gasteiger partial charge on any atom is -0.394 e. The van der Waals surface area contributed by atoms with Crippen molar-refractivity contribution < 1.29 is 9.50 Å². The quantitative estimate of drug-likeness (QED) is 0.708. The Labute approximate surface area is 99.7 Å². The molecule has 5 heteroatoms. The normalized spacial score (nSPS) is 11.0. The van der Waals surface area contributed by atoms with Crippen LogP contribution in [0.5, 0.6) is 0 Å². The van der Waals surface area contributed by atoms with Crippen LogP contribution in [0.3, 0.4) is 0 Å². The van der Waals surface area contributed by atoms with Gasteiger partial charge in [0.15, 0.2) is 5.11 Å². The molecule has 0 aliphatic carbocycles. The van der Waals surface area contributed by atoms with Crippen molar-refractivity contribution in [2.24, 2.45) is 0 Å². The molecule has 0 atom stereocenters. The van der Waals surface area contributed by atoms with Gasteiger partial charge in [0.1, 0.15) is 5.82 Å². The van der Waals surface area contributed by atoms with E-state index in [4.69, 9.17) is 17.3 Å². The maximum atomic E-state index is 12.9. The molecule has 1 rings (SSSR count). The van der Waals surface area contributed by atoms with Gasteiger partial charge in [0.25, 0.3) is 0 Å². The highest BCUT2D eigenvalue weighted by Gasteiger charge is 2.16. The predicted molar refractivity (Wildman–Crippen MR) is 66.9 cm³/mol. The Morgan fingerprint density at radius 3 is 2.75 bits per heavy atom.